The molecule has 2 saturated heterocycles. The quantitative estimate of drug-likeness (QED) is 0.489. The van der Waals surface area contributed by atoms with Gasteiger partial charge in [0.2, 0.25) is 0 Å². The van der Waals surface area contributed by atoms with E-state index in [1.54, 1.807) is 25.1 Å². The van der Waals surface area contributed by atoms with E-state index in [2.05, 4.69) is 14.6 Å². The van der Waals surface area contributed by atoms with Gasteiger partial charge in [0.05, 0.1) is 17.0 Å². The second-order valence-corrected chi connectivity index (χ2v) is 12.4. The van der Waals surface area contributed by atoms with Crippen LogP contribution in [0, 0.1) is 6.92 Å². The number of sulfone groups is 1. The molecule has 10 heteroatoms. The van der Waals surface area contributed by atoms with Crippen molar-refractivity contribution in [3.63, 3.8) is 0 Å². The van der Waals surface area contributed by atoms with Gasteiger partial charge in [-0.3, -0.25) is 4.79 Å². The van der Waals surface area contributed by atoms with Crippen LogP contribution < -0.4 is 10.1 Å². The minimum atomic E-state index is -3.17. The van der Waals surface area contributed by atoms with Gasteiger partial charge >= 0.3 is 6.61 Å². The molecule has 0 spiro atoms. The fourth-order valence-corrected chi connectivity index (χ4v) is 7.60. The maximum Gasteiger partial charge on any atom is 0.387 e. The number of aryl methyl sites for hydroxylation is 1. The van der Waals surface area contributed by atoms with Gasteiger partial charge in [-0.15, -0.1) is 0 Å². The van der Waals surface area contributed by atoms with E-state index in [0.29, 0.717) is 25.2 Å². The maximum atomic E-state index is 13.3. The van der Waals surface area contributed by atoms with E-state index in [0.717, 1.165) is 40.4 Å². The van der Waals surface area contributed by atoms with Crippen LogP contribution in [0.4, 0.5) is 8.78 Å². The van der Waals surface area contributed by atoms with E-state index >= 15 is 0 Å². The molecule has 2 aliphatic rings. The van der Waals surface area contributed by atoms with Crippen LogP contribution in [-0.2, 0) is 14.6 Å². The van der Waals surface area contributed by atoms with Crippen LogP contribution in [0.2, 0.25) is 0 Å². The highest BCUT2D eigenvalue weighted by atomic mass is 32.2. The lowest BCUT2D eigenvalue weighted by molar-refractivity contribution is -0.0498. The van der Waals surface area contributed by atoms with Gasteiger partial charge < -0.3 is 19.4 Å². The molecule has 3 aromatic rings. The number of rotatable bonds is 6. The Morgan fingerprint density at radius 3 is 2.65 bits per heavy atom. The molecule has 1 N–H and O–H groups in total. The van der Waals surface area contributed by atoms with Gasteiger partial charge in [-0.25, -0.2) is 8.42 Å². The minimum Gasteiger partial charge on any atom is -0.435 e. The topological polar surface area (TPSA) is 86.6 Å². The lowest BCUT2D eigenvalue weighted by Gasteiger charge is -2.25. The lowest BCUT2D eigenvalue weighted by Crippen LogP contribution is -2.46. The van der Waals surface area contributed by atoms with Crippen molar-refractivity contribution in [2.45, 2.75) is 51.3 Å². The molecule has 7 nitrogen and oxygen atoms in total. The molecular formula is C27H30F2N2O5S. The fourth-order valence-electron chi connectivity index (χ4n) is 5.51. The van der Waals surface area contributed by atoms with Gasteiger partial charge in [0.15, 0.2) is 9.84 Å². The van der Waals surface area contributed by atoms with Crippen LogP contribution >= 0.6 is 0 Å². The van der Waals surface area contributed by atoms with Gasteiger partial charge in [0.25, 0.3) is 5.91 Å². The zero-order valence-corrected chi connectivity index (χ0v) is 21.6. The predicted molar refractivity (Wildman–Crippen MR) is 137 cm³/mol. The van der Waals surface area contributed by atoms with Crippen LogP contribution in [0.5, 0.6) is 5.75 Å². The molecule has 1 amide bonds. The number of aromatic nitrogens is 1. The normalized spacial score (nSPS) is 22.0. The zero-order valence-electron chi connectivity index (χ0n) is 20.8. The summed E-state index contributed by atoms with van der Waals surface area (Å²) < 4.78 is 62.1. The Morgan fingerprint density at radius 1 is 1.22 bits per heavy atom. The number of hydrogen-bond acceptors (Lipinski definition) is 5. The highest BCUT2D eigenvalue weighted by molar-refractivity contribution is 7.91. The highest BCUT2D eigenvalue weighted by Gasteiger charge is 2.39. The summed E-state index contributed by atoms with van der Waals surface area (Å²) >= 11 is 0. The highest BCUT2D eigenvalue weighted by Crippen LogP contribution is 2.39. The van der Waals surface area contributed by atoms with Crippen molar-refractivity contribution in [1.29, 1.82) is 0 Å². The average Bonchev–Trinajstić information content (AvgIpc) is 3.36. The number of halogens is 2. The second kappa shape index (κ2) is 9.72. The molecule has 2 aliphatic heterocycles. The minimum absolute atomic E-state index is 0.0616. The summed E-state index contributed by atoms with van der Waals surface area (Å²) in [6.45, 7) is 2.02. The number of alkyl halides is 2. The van der Waals surface area contributed by atoms with Gasteiger partial charge in [-0.2, -0.15) is 8.78 Å². The Kier molecular flexibility index (Phi) is 6.74. The summed E-state index contributed by atoms with van der Waals surface area (Å²) in [5.41, 5.74) is 2.95. The first kappa shape index (κ1) is 25.7. The predicted octanol–water partition coefficient (Wildman–Crippen LogP) is 4.88. The second-order valence-electron chi connectivity index (χ2n) is 10.2. The summed E-state index contributed by atoms with van der Waals surface area (Å²) in [6.07, 6.45) is 4.01. The molecule has 198 valence electrons. The van der Waals surface area contributed by atoms with Gasteiger partial charge in [0.1, 0.15) is 5.75 Å². The third kappa shape index (κ3) is 5.36. The Bertz CT molecular complexity index is 1450. The number of hydrogen-bond donors (Lipinski definition) is 1. The van der Waals surface area contributed by atoms with Crippen molar-refractivity contribution in [3.8, 4) is 16.9 Å². The molecule has 0 aliphatic carbocycles. The number of amides is 1. The molecule has 3 heterocycles. The molecule has 0 bridgehead atoms. The third-order valence-electron chi connectivity index (χ3n) is 7.27. The van der Waals surface area contributed by atoms with E-state index in [1.807, 2.05) is 25.3 Å². The van der Waals surface area contributed by atoms with E-state index in [4.69, 9.17) is 4.74 Å². The SMILES string of the molecule is Cc1cc(C(=O)N[C@@]2(C)CCS(=O)(=O)C2)cc2c1c(-c1cccc(OC(F)F)c1)cn2C1CCOCC1. The van der Waals surface area contributed by atoms with Crippen molar-refractivity contribution >= 4 is 26.6 Å². The molecule has 0 radical (unpaired) electrons. The lowest BCUT2D eigenvalue weighted by atomic mass is 9.97. The van der Waals surface area contributed by atoms with Crippen molar-refractivity contribution < 1.29 is 31.5 Å². The van der Waals surface area contributed by atoms with E-state index in [-0.39, 0.29) is 29.2 Å². The van der Waals surface area contributed by atoms with E-state index < -0.39 is 22.0 Å². The van der Waals surface area contributed by atoms with Crippen LogP contribution in [0.15, 0.2) is 42.6 Å². The molecule has 2 fully saturated rings. The van der Waals surface area contributed by atoms with Crippen molar-refractivity contribution in [3.05, 3.63) is 53.7 Å². The Balaban J connectivity index is 1.58. The number of carbonyl (C=O) groups is 1. The fraction of sp³-hybridized carbons (Fsp3) is 0.444. The molecule has 1 atom stereocenters. The Morgan fingerprint density at radius 2 is 1.97 bits per heavy atom. The molecule has 0 unspecified atom stereocenters. The summed E-state index contributed by atoms with van der Waals surface area (Å²) in [4.78, 5) is 13.3. The molecule has 2 aromatic carbocycles. The molecular weight excluding hydrogens is 502 g/mol. The number of fused-ring (bicyclic) bond motifs is 1. The Hall–Kier alpha value is -2.98. The van der Waals surface area contributed by atoms with Gasteiger partial charge in [0, 0.05) is 47.5 Å². The molecule has 5 rings (SSSR count). The van der Waals surface area contributed by atoms with E-state index in [1.165, 1.54) is 6.07 Å². The number of carbonyl (C=O) groups excluding carboxylic acids is 1. The first-order valence-corrected chi connectivity index (χ1v) is 14.2. The van der Waals surface area contributed by atoms with Gasteiger partial charge in [-0.05, 0) is 68.5 Å². The van der Waals surface area contributed by atoms with Crippen molar-refractivity contribution in [2.24, 2.45) is 0 Å². The number of ether oxygens (including phenoxy) is 2. The van der Waals surface area contributed by atoms with Crippen LogP contribution in [0.1, 0.15) is 48.1 Å². The zero-order chi connectivity index (χ0) is 26.4. The first-order chi connectivity index (χ1) is 17.5. The van der Waals surface area contributed by atoms with Gasteiger partial charge in [-0.1, -0.05) is 12.1 Å². The maximum absolute atomic E-state index is 13.3. The summed E-state index contributed by atoms with van der Waals surface area (Å²) in [5, 5.41) is 3.87. The third-order valence-corrected chi connectivity index (χ3v) is 9.17. The Labute approximate surface area is 214 Å². The first-order valence-electron chi connectivity index (χ1n) is 12.3. The van der Waals surface area contributed by atoms with E-state index in [9.17, 15) is 22.0 Å². The van der Waals surface area contributed by atoms with Crippen LogP contribution in [0.3, 0.4) is 0 Å². The van der Waals surface area contributed by atoms with Crippen molar-refractivity contribution in [2.75, 3.05) is 24.7 Å². The summed E-state index contributed by atoms with van der Waals surface area (Å²) in [5.74, 6) is -0.260. The van der Waals surface area contributed by atoms with Crippen LogP contribution in [-0.4, -0.2) is 55.8 Å². The standard InChI is InChI=1S/C27H30F2N2O5S/c1-17-12-19(25(32)30-27(2)8-11-37(33,34)16-27)14-23-24(17)22(15-31(23)20-6-9-35-10-7-20)18-4-3-5-21(13-18)36-26(28)29/h3-5,12-15,20,26H,6-11,16H2,1-2H3,(H,30,32)/t27-/m0/s1. The van der Waals surface area contributed by atoms with Crippen molar-refractivity contribution in [1.82, 2.24) is 9.88 Å². The number of nitrogens with zero attached hydrogens (tertiary/aromatic N) is 1. The largest absolute Gasteiger partial charge is 0.435 e. The van der Waals surface area contributed by atoms with Crippen LogP contribution in [0.25, 0.3) is 22.0 Å². The summed E-state index contributed by atoms with van der Waals surface area (Å²) in [7, 11) is -3.17. The molecule has 0 saturated carbocycles. The number of nitrogens with one attached hydrogen (secondary N) is 1. The monoisotopic (exact) mass is 532 g/mol. The summed E-state index contributed by atoms with van der Waals surface area (Å²) in [6, 6.07) is 10.4. The molecule has 1 aromatic heterocycles. The average molecular weight is 533 g/mol. The number of benzene rings is 2. The molecule has 37 heavy (non-hydrogen) atoms. The smallest absolute Gasteiger partial charge is 0.387 e.